The molecule has 4 heteroatoms. The first kappa shape index (κ1) is 16.7. The normalized spacial score (nSPS) is 11.2. The Morgan fingerprint density at radius 3 is 2.62 bits per heavy atom. The summed E-state index contributed by atoms with van der Waals surface area (Å²) in [6, 6.07) is 11.1. The highest BCUT2D eigenvalue weighted by atomic mass is 79.9. The summed E-state index contributed by atoms with van der Waals surface area (Å²) in [7, 11) is 2.17. The van der Waals surface area contributed by atoms with Crippen LogP contribution in [-0.2, 0) is 19.6 Å². The zero-order valence-electron chi connectivity index (χ0n) is 12.7. The van der Waals surface area contributed by atoms with Crippen molar-refractivity contribution in [3.8, 4) is 0 Å². The first-order valence-corrected chi connectivity index (χ1v) is 9.04. The van der Waals surface area contributed by atoms with Gasteiger partial charge in [-0.05, 0) is 64.1 Å². The van der Waals surface area contributed by atoms with Gasteiger partial charge in [0.25, 0.3) is 0 Å². The van der Waals surface area contributed by atoms with E-state index >= 15 is 0 Å². The van der Waals surface area contributed by atoms with Crippen LogP contribution in [0.4, 0.5) is 0 Å². The number of rotatable bonds is 8. The van der Waals surface area contributed by atoms with E-state index in [0.29, 0.717) is 0 Å². The summed E-state index contributed by atoms with van der Waals surface area (Å²) in [6.45, 7) is 6.21. The molecule has 0 aliphatic heterocycles. The van der Waals surface area contributed by atoms with E-state index < -0.39 is 0 Å². The van der Waals surface area contributed by atoms with Gasteiger partial charge in [0.15, 0.2) is 0 Å². The molecule has 1 heterocycles. The molecule has 2 aromatic rings. The maximum atomic E-state index is 3.52. The lowest BCUT2D eigenvalue weighted by atomic mass is 10.1. The fourth-order valence-electron chi connectivity index (χ4n) is 2.36. The lowest BCUT2D eigenvalue weighted by Gasteiger charge is -2.16. The number of halogens is 1. The van der Waals surface area contributed by atoms with Gasteiger partial charge in [-0.2, -0.15) is 0 Å². The number of hydrogen-bond donors (Lipinski definition) is 1. The smallest absolute Gasteiger partial charge is 0.0701 e. The van der Waals surface area contributed by atoms with Crippen molar-refractivity contribution in [3.63, 3.8) is 0 Å². The molecule has 0 radical (unpaired) electrons. The van der Waals surface area contributed by atoms with Crippen LogP contribution in [0.1, 0.15) is 30.0 Å². The second-order valence-corrected chi connectivity index (χ2v) is 7.72. The maximum absolute atomic E-state index is 3.52. The molecular formula is C17H23BrN2S. The Kier molecular flexibility index (Phi) is 6.90. The summed E-state index contributed by atoms with van der Waals surface area (Å²) in [5.74, 6) is 0. The highest BCUT2D eigenvalue weighted by Gasteiger charge is 2.04. The minimum Gasteiger partial charge on any atom is -0.313 e. The first-order valence-electron chi connectivity index (χ1n) is 7.37. The summed E-state index contributed by atoms with van der Waals surface area (Å²) in [6.07, 6.45) is 1.18. The van der Waals surface area contributed by atoms with Crippen LogP contribution in [0.5, 0.6) is 0 Å². The minimum atomic E-state index is 0.961. The van der Waals surface area contributed by atoms with Crippen LogP contribution in [0.25, 0.3) is 0 Å². The lowest BCUT2D eigenvalue weighted by Crippen LogP contribution is -2.17. The molecular weight excluding hydrogens is 344 g/mol. The largest absolute Gasteiger partial charge is 0.313 e. The molecule has 0 saturated heterocycles. The van der Waals surface area contributed by atoms with Crippen LogP contribution in [-0.4, -0.2) is 18.5 Å². The zero-order valence-corrected chi connectivity index (χ0v) is 15.1. The van der Waals surface area contributed by atoms with Crippen LogP contribution < -0.4 is 5.32 Å². The van der Waals surface area contributed by atoms with Crippen molar-refractivity contribution < 1.29 is 0 Å². The van der Waals surface area contributed by atoms with E-state index in [0.717, 1.165) is 26.2 Å². The van der Waals surface area contributed by atoms with Gasteiger partial charge in [0.2, 0.25) is 0 Å². The molecule has 1 N–H and O–H groups in total. The topological polar surface area (TPSA) is 15.3 Å². The van der Waals surface area contributed by atoms with Crippen molar-refractivity contribution in [2.24, 2.45) is 0 Å². The third-order valence-corrected chi connectivity index (χ3v) is 4.83. The average molecular weight is 367 g/mol. The van der Waals surface area contributed by atoms with Gasteiger partial charge in [-0.15, -0.1) is 11.3 Å². The standard InChI is InChI=1S/C17H23BrN2S/c1-3-7-19-10-14-5-4-6-15(8-14)11-20(2)12-16-9-17(18)21-13-16/h4-6,8-9,13,19H,3,7,10-12H2,1-2H3. The predicted octanol–water partition coefficient (Wildman–Crippen LogP) is 4.64. The van der Waals surface area contributed by atoms with E-state index in [1.165, 1.54) is 26.9 Å². The highest BCUT2D eigenvalue weighted by Crippen LogP contribution is 2.22. The summed E-state index contributed by atoms with van der Waals surface area (Å²) < 4.78 is 1.20. The van der Waals surface area contributed by atoms with E-state index in [4.69, 9.17) is 0 Å². The van der Waals surface area contributed by atoms with Crippen molar-refractivity contribution in [1.82, 2.24) is 10.2 Å². The van der Waals surface area contributed by atoms with Gasteiger partial charge in [-0.3, -0.25) is 4.90 Å². The zero-order chi connectivity index (χ0) is 15.1. The molecule has 21 heavy (non-hydrogen) atoms. The van der Waals surface area contributed by atoms with Gasteiger partial charge < -0.3 is 5.32 Å². The summed E-state index contributed by atoms with van der Waals surface area (Å²) in [5.41, 5.74) is 4.12. The van der Waals surface area contributed by atoms with Crippen molar-refractivity contribution in [1.29, 1.82) is 0 Å². The number of hydrogen-bond acceptors (Lipinski definition) is 3. The molecule has 0 fully saturated rings. The molecule has 1 aromatic heterocycles. The van der Waals surface area contributed by atoms with Gasteiger partial charge in [0.1, 0.15) is 0 Å². The second-order valence-electron chi connectivity index (χ2n) is 5.43. The number of nitrogens with one attached hydrogen (secondary N) is 1. The van der Waals surface area contributed by atoms with Crippen molar-refractivity contribution in [2.45, 2.75) is 33.0 Å². The van der Waals surface area contributed by atoms with Crippen LogP contribution in [0.15, 0.2) is 39.5 Å². The van der Waals surface area contributed by atoms with Crippen molar-refractivity contribution in [2.75, 3.05) is 13.6 Å². The molecule has 114 valence electrons. The van der Waals surface area contributed by atoms with E-state index in [2.05, 4.69) is 75.8 Å². The Balaban J connectivity index is 1.88. The second kappa shape index (κ2) is 8.69. The highest BCUT2D eigenvalue weighted by molar-refractivity contribution is 9.11. The maximum Gasteiger partial charge on any atom is 0.0701 e. The van der Waals surface area contributed by atoms with Crippen LogP contribution >= 0.6 is 27.3 Å². The molecule has 1 aromatic carbocycles. The van der Waals surface area contributed by atoms with E-state index in [1.807, 2.05) is 0 Å². The molecule has 2 rings (SSSR count). The van der Waals surface area contributed by atoms with Crippen LogP contribution in [0.2, 0.25) is 0 Å². The fourth-order valence-corrected chi connectivity index (χ4v) is 3.56. The van der Waals surface area contributed by atoms with Crippen LogP contribution in [0.3, 0.4) is 0 Å². The Bertz CT molecular complexity index is 553. The van der Waals surface area contributed by atoms with E-state index in [9.17, 15) is 0 Å². The first-order chi connectivity index (χ1) is 10.2. The van der Waals surface area contributed by atoms with Crippen LogP contribution in [0, 0.1) is 0 Å². The molecule has 0 aliphatic rings. The Morgan fingerprint density at radius 1 is 1.14 bits per heavy atom. The Hall–Kier alpha value is -0.680. The molecule has 0 amide bonds. The van der Waals surface area contributed by atoms with Crippen molar-refractivity contribution in [3.05, 3.63) is 56.2 Å². The summed E-state index contributed by atoms with van der Waals surface area (Å²) >= 11 is 5.27. The molecule has 0 saturated carbocycles. The van der Waals surface area contributed by atoms with Gasteiger partial charge >= 0.3 is 0 Å². The van der Waals surface area contributed by atoms with E-state index in [1.54, 1.807) is 11.3 Å². The quantitative estimate of drug-likeness (QED) is 0.684. The Morgan fingerprint density at radius 2 is 1.90 bits per heavy atom. The monoisotopic (exact) mass is 366 g/mol. The number of benzene rings is 1. The predicted molar refractivity (Wildman–Crippen MR) is 95.6 cm³/mol. The molecule has 0 unspecified atom stereocenters. The average Bonchev–Trinajstić information content (AvgIpc) is 2.84. The Labute approximate surface area is 140 Å². The van der Waals surface area contributed by atoms with Gasteiger partial charge in [0.05, 0.1) is 3.79 Å². The third-order valence-electron chi connectivity index (χ3n) is 3.27. The molecule has 0 aliphatic carbocycles. The van der Waals surface area contributed by atoms with Crippen molar-refractivity contribution >= 4 is 27.3 Å². The number of nitrogens with zero attached hydrogens (tertiary/aromatic N) is 1. The van der Waals surface area contributed by atoms with Gasteiger partial charge in [-0.25, -0.2) is 0 Å². The third kappa shape index (κ3) is 5.91. The molecule has 2 nitrogen and oxygen atoms in total. The molecule has 0 spiro atoms. The van der Waals surface area contributed by atoms with Gasteiger partial charge in [0, 0.05) is 19.6 Å². The summed E-state index contributed by atoms with van der Waals surface area (Å²) in [4.78, 5) is 2.35. The van der Waals surface area contributed by atoms with Gasteiger partial charge in [-0.1, -0.05) is 31.2 Å². The minimum absolute atomic E-state index is 0.961. The van der Waals surface area contributed by atoms with E-state index in [-0.39, 0.29) is 0 Å². The summed E-state index contributed by atoms with van der Waals surface area (Å²) in [5, 5.41) is 5.67. The number of thiophene rings is 1. The SMILES string of the molecule is CCCNCc1cccc(CN(C)Cc2csc(Br)c2)c1. The molecule has 0 atom stereocenters. The fraction of sp³-hybridized carbons (Fsp3) is 0.412. The molecule has 0 bridgehead atoms. The lowest BCUT2D eigenvalue weighted by molar-refractivity contribution is 0.319.